The maximum Gasteiger partial charge on any atom is 0.272 e. The van der Waals surface area contributed by atoms with Crippen LogP contribution in [0.5, 0.6) is 0 Å². The predicted octanol–water partition coefficient (Wildman–Crippen LogP) is 3.30. The van der Waals surface area contributed by atoms with Crippen LogP contribution in [0.25, 0.3) is 0 Å². The number of unbranched alkanes of at least 4 members (excludes halogenated alkanes) is 1. The molecule has 0 spiro atoms. The summed E-state index contributed by atoms with van der Waals surface area (Å²) in [7, 11) is 1.97. The Morgan fingerprint density at radius 2 is 2.00 bits per heavy atom. The van der Waals surface area contributed by atoms with Gasteiger partial charge in [-0.1, -0.05) is 43.1 Å². The minimum absolute atomic E-state index is 0.264. The van der Waals surface area contributed by atoms with Gasteiger partial charge in [0.05, 0.1) is 0 Å². The molecule has 0 bridgehead atoms. The van der Waals surface area contributed by atoms with Crippen LogP contribution in [0, 0.1) is 0 Å². The van der Waals surface area contributed by atoms with Crippen LogP contribution in [0.3, 0.4) is 0 Å². The molecular weight excluding hydrogens is 312 g/mol. The number of amides is 1. The standard InChI is InChI=1S/C17H21ClN4O/c1-3-4-11-22(2)16-10-9-15(20-21-16)17(23)19-12-13-7-5-6-8-14(13)18/h5-10H,3-4,11-12H2,1-2H3,(H,19,23). The van der Waals surface area contributed by atoms with E-state index in [-0.39, 0.29) is 5.91 Å². The Kier molecular flexibility index (Phi) is 6.35. The first-order chi connectivity index (χ1) is 11.1. The minimum Gasteiger partial charge on any atom is -0.358 e. The van der Waals surface area contributed by atoms with Gasteiger partial charge in [-0.05, 0) is 30.2 Å². The molecule has 0 unspecified atom stereocenters. The van der Waals surface area contributed by atoms with Gasteiger partial charge in [-0.15, -0.1) is 10.2 Å². The molecule has 1 aromatic heterocycles. The van der Waals surface area contributed by atoms with E-state index in [0.717, 1.165) is 30.8 Å². The van der Waals surface area contributed by atoms with Gasteiger partial charge in [-0.3, -0.25) is 4.79 Å². The number of halogens is 1. The monoisotopic (exact) mass is 332 g/mol. The Bertz CT molecular complexity index is 645. The molecule has 6 heteroatoms. The van der Waals surface area contributed by atoms with Crippen molar-refractivity contribution in [1.82, 2.24) is 15.5 Å². The highest BCUT2D eigenvalue weighted by molar-refractivity contribution is 6.31. The molecule has 1 amide bonds. The highest BCUT2D eigenvalue weighted by Crippen LogP contribution is 2.14. The summed E-state index contributed by atoms with van der Waals surface area (Å²) >= 11 is 6.07. The smallest absolute Gasteiger partial charge is 0.272 e. The van der Waals surface area contributed by atoms with Gasteiger partial charge in [-0.2, -0.15) is 0 Å². The zero-order chi connectivity index (χ0) is 16.7. The van der Waals surface area contributed by atoms with Crippen molar-refractivity contribution in [2.75, 3.05) is 18.5 Å². The van der Waals surface area contributed by atoms with Crippen molar-refractivity contribution in [2.45, 2.75) is 26.3 Å². The summed E-state index contributed by atoms with van der Waals surface area (Å²) in [6, 6.07) is 10.9. The van der Waals surface area contributed by atoms with Crippen molar-refractivity contribution < 1.29 is 4.79 Å². The van der Waals surface area contributed by atoms with E-state index < -0.39 is 0 Å². The summed E-state index contributed by atoms with van der Waals surface area (Å²) in [4.78, 5) is 14.1. The number of anilines is 1. The molecule has 2 rings (SSSR count). The van der Waals surface area contributed by atoms with Crippen molar-refractivity contribution in [3.8, 4) is 0 Å². The van der Waals surface area contributed by atoms with Crippen LogP contribution in [0.2, 0.25) is 5.02 Å². The summed E-state index contributed by atoms with van der Waals surface area (Å²) in [5.41, 5.74) is 1.16. The Hall–Kier alpha value is -2.14. The van der Waals surface area contributed by atoms with Crippen LogP contribution in [-0.4, -0.2) is 29.7 Å². The molecule has 0 atom stereocenters. The van der Waals surface area contributed by atoms with Crippen molar-refractivity contribution in [2.24, 2.45) is 0 Å². The van der Waals surface area contributed by atoms with Gasteiger partial charge in [0, 0.05) is 25.2 Å². The number of benzene rings is 1. The molecule has 1 N–H and O–H groups in total. The van der Waals surface area contributed by atoms with Gasteiger partial charge in [0.1, 0.15) is 0 Å². The van der Waals surface area contributed by atoms with Crippen LogP contribution in [-0.2, 0) is 6.54 Å². The highest BCUT2D eigenvalue weighted by atomic mass is 35.5. The van der Waals surface area contributed by atoms with E-state index in [9.17, 15) is 4.79 Å². The fourth-order valence-corrected chi connectivity index (χ4v) is 2.27. The number of hydrogen-bond donors (Lipinski definition) is 1. The van der Waals surface area contributed by atoms with E-state index in [1.165, 1.54) is 0 Å². The summed E-state index contributed by atoms with van der Waals surface area (Å²) in [5, 5.41) is 11.6. The van der Waals surface area contributed by atoms with Crippen molar-refractivity contribution >= 4 is 23.3 Å². The molecule has 0 aliphatic carbocycles. The summed E-state index contributed by atoms with van der Waals surface area (Å²) < 4.78 is 0. The van der Waals surface area contributed by atoms with Gasteiger partial charge in [0.15, 0.2) is 11.5 Å². The lowest BCUT2D eigenvalue weighted by Crippen LogP contribution is -2.25. The average Bonchev–Trinajstić information content (AvgIpc) is 2.59. The van der Waals surface area contributed by atoms with Gasteiger partial charge in [0.2, 0.25) is 0 Å². The first kappa shape index (κ1) is 17.2. The molecule has 0 radical (unpaired) electrons. The third kappa shape index (κ3) is 4.93. The Labute approximate surface area is 141 Å². The predicted molar refractivity (Wildman–Crippen MR) is 92.8 cm³/mol. The van der Waals surface area contributed by atoms with E-state index in [1.807, 2.05) is 36.2 Å². The zero-order valence-electron chi connectivity index (χ0n) is 13.4. The first-order valence-corrected chi connectivity index (χ1v) is 8.06. The second-order valence-electron chi connectivity index (χ2n) is 5.33. The molecule has 1 aromatic carbocycles. The first-order valence-electron chi connectivity index (χ1n) is 7.68. The number of hydrogen-bond acceptors (Lipinski definition) is 4. The number of aromatic nitrogens is 2. The Balaban J connectivity index is 1.94. The van der Waals surface area contributed by atoms with Crippen LogP contribution in [0.15, 0.2) is 36.4 Å². The van der Waals surface area contributed by atoms with Gasteiger partial charge in [0.25, 0.3) is 5.91 Å². The van der Waals surface area contributed by atoms with Crippen LogP contribution in [0.4, 0.5) is 5.82 Å². The lowest BCUT2D eigenvalue weighted by atomic mass is 10.2. The highest BCUT2D eigenvalue weighted by Gasteiger charge is 2.10. The number of nitrogens with zero attached hydrogens (tertiary/aromatic N) is 3. The topological polar surface area (TPSA) is 58.1 Å². The van der Waals surface area contributed by atoms with E-state index >= 15 is 0 Å². The fraction of sp³-hybridized carbons (Fsp3) is 0.353. The second-order valence-corrected chi connectivity index (χ2v) is 5.73. The lowest BCUT2D eigenvalue weighted by molar-refractivity contribution is 0.0945. The molecule has 2 aromatic rings. The van der Waals surface area contributed by atoms with Crippen molar-refractivity contribution in [3.63, 3.8) is 0 Å². The maximum atomic E-state index is 12.1. The largest absolute Gasteiger partial charge is 0.358 e. The zero-order valence-corrected chi connectivity index (χ0v) is 14.2. The third-order valence-corrected chi connectivity index (χ3v) is 3.89. The molecule has 1 heterocycles. The molecule has 0 saturated carbocycles. The summed E-state index contributed by atoms with van der Waals surface area (Å²) in [6.45, 7) is 3.42. The Morgan fingerprint density at radius 3 is 2.65 bits per heavy atom. The normalized spacial score (nSPS) is 10.4. The molecule has 122 valence electrons. The van der Waals surface area contributed by atoms with Crippen molar-refractivity contribution in [1.29, 1.82) is 0 Å². The maximum absolute atomic E-state index is 12.1. The molecule has 23 heavy (non-hydrogen) atoms. The fourth-order valence-electron chi connectivity index (χ4n) is 2.07. The van der Waals surface area contributed by atoms with E-state index in [2.05, 4.69) is 22.4 Å². The Morgan fingerprint density at radius 1 is 1.22 bits per heavy atom. The summed E-state index contributed by atoms with van der Waals surface area (Å²) in [5.74, 6) is 0.501. The number of nitrogens with one attached hydrogen (secondary N) is 1. The van der Waals surface area contributed by atoms with Crippen molar-refractivity contribution in [3.05, 3.63) is 52.7 Å². The van der Waals surface area contributed by atoms with E-state index in [1.54, 1.807) is 12.1 Å². The number of carbonyl (C=O) groups is 1. The number of carbonyl (C=O) groups excluding carboxylic acids is 1. The van der Waals surface area contributed by atoms with Gasteiger partial charge in [-0.25, -0.2) is 0 Å². The molecule has 0 fully saturated rings. The number of rotatable bonds is 7. The van der Waals surface area contributed by atoms with Gasteiger partial charge < -0.3 is 10.2 Å². The van der Waals surface area contributed by atoms with Crippen LogP contribution < -0.4 is 10.2 Å². The second kappa shape index (κ2) is 8.48. The van der Waals surface area contributed by atoms with E-state index in [4.69, 9.17) is 11.6 Å². The molecule has 0 aliphatic rings. The summed E-state index contributed by atoms with van der Waals surface area (Å²) in [6.07, 6.45) is 2.22. The quantitative estimate of drug-likeness (QED) is 0.845. The van der Waals surface area contributed by atoms with Gasteiger partial charge >= 0.3 is 0 Å². The van der Waals surface area contributed by atoms with E-state index in [0.29, 0.717) is 17.3 Å². The average molecular weight is 333 g/mol. The molecule has 0 saturated heterocycles. The molecule has 0 aliphatic heterocycles. The molecule has 5 nitrogen and oxygen atoms in total. The third-order valence-electron chi connectivity index (χ3n) is 3.52. The van der Waals surface area contributed by atoms with Crippen LogP contribution >= 0.6 is 11.6 Å². The van der Waals surface area contributed by atoms with Crippen LogP contribution in [0.1, 0.15) is 35.8 Å². The SMILES string of the molecule is CCCCN(C)c1ccc(C(=O)NCc2ccccc2Cl)nn1. The lowest BCUT2D eigenvalue weighted by Gasteiger charge is -2.16. The minimum atomic E-state index is -0.264. The molecular formula is C17H21ClN4O.